The summed E-state index contributed by atoms with van der Waals surface area (Å²) in [7, 11) is -8.27. The van der Waals surface area contributed by atoms with Crippen molar-refractivity contribution in [2.24, 2.45) is 0 Å². The molecule has 28 heavy (non-hydrogen) atoms. The summed E-state index contributed by atoms with van der Waals surface area (Å²) in [5.74, 6) is 0. The third-order valence-corrected chi connectivity index (χ3v) is 9.16. The normalized spacial score (nSPS) is 12.5. The summed E-state index contributed by atoms with van der Waals surface area (Å²) in [6.45, 7) is 0. The topological polar surface area (TPSA) is 68.3 Å². The van der Waals surface area contributed by atoms with Crippen molar-refractivity contribution in [2.75, 3.05) is 0 Å². The highest BCUT2D eigenvalue weighted by Gasteiger charge is 2.37. The monoisotopic (exact) mass is 412 g/mol. The molecule has 3 aromatic carbocycles. The lowest BCUT2D eigenvalue weighted by Crippen LogP contribution is -2.29. The van der Waals surface area contributed by atoms with Crippen LogP contribution < -0.4 is 0 Å². The van der Waals surface area contributed by atoms with Crippen molar-refractivity contribution >= 4 is 19.7 Å². The highest BCUT2D eigenvalue weighted by Crippen LogP contribution is 2.26. The molecular weight excluding hydrogens is 392 g/mol. The third kappa shape index (κ3) is 4.40. The van der Waals surface area contributed by atoms with E-state index in [4.69, 9.17) is 0 Å². The molecule has 0 aromatic heterocycles. The minimum absolute atomic E-state index is 0.0242. The molecule has 0 bridgehead atoms. The van der Waals surface area contributed by atoms with E-state index in [0.29, 0.717) is 6.42 Å². The standard InChI is InChI=1S/C22H20O4S2/c23-27(24,20-14-6-2-7-15-20)22(18-10-13-19-11-4-1-5-12-19)28(25,26)21-16-8-3-9-17-21/h1-12,14-18,22H,13H2/b18-10+. The Labute approximate surface area is 166 Å². The van der Waals surface area contributed by atoms with Crippen LogP contribution in [0, 0.1) is 0 Å². The second-order valence-corrected chi connectivity index (χ2v) is 10.6. The fourth-order valence-electron chi connectivity index (χ4n) is 2.79. The largest absolute Gasteiger partial charge is 0.222 e. The van der Waals surface area contributed by atoms with Crippen molar-refractivity contribution in [3.63, 3.8) is 0 Å². The molecule has 144 valence electrons. The van der Waals surface area contributed by atoms with E-state index in [0.717, 1.165) is 5.56 Å². The van der Waals surface area contributed by atoms with Gasteiger partial charge in [0.1, 0.15) is 0 Å². The number of hydrogen-bond acceptors (Lipinski definition) is 4. The Kier molecular flexibility index (Phi) is 6.11. The molecule has 0 unspecified atom stereocenters. The van der Waals surface area contributed by atoms with Gasteiger partial charge in [-0.1, -0.05) is 78.9 Å². The summed E-state index contributed by atoms with van der Waals surface area (Å²) in [6.07, 6.45) is 3.31. The zero-order valence-electron chi connectivity index (χ0n) is 15.0. The maximum atomic E-state index is 13.2. The zero-order valence-corrected chi connectivity index (χ0v) is 16.7. The van der Waals surface area contributed by atoms with Crippen molar-refractivity contribution in [2.45, 2.75) is 20.8 Å². The fraction of sp³-hybridized carbons (Fsp3) is 0.0909. The lowest BCUT2D eigenvalue weighted by Gasteiger charge is -2.15. The van der Waals surface area contributed by atoms with E-state index < -0.39 is 24.3 Å². The van der Waals surface area contributed by atoms with Gasteiger partial charge in [-0.3, -0.25) is 0 Å². The second-order valence-electron chi connectivity index (χ2n) is 6.20. The van der Waals surface area contributed by atoms with Gasteiger partial charge in [-0.05, 0) is 36.2 Å². The summed E-state index contributed by atoms with van der Waals surface area (Å²) >= 11 is 0. The molecule has 6 heteroatoms. The van der Waals surface area contributed by atoms with Gasteiger partial charge in [-0.2, -0.15) is 0 Å². The first-order valence-corrected chi connectivity index (χ1v) is 11.8. The summed E-state index contributed by atoms with van der Waals surface area (Å²) in [4.78, 5) is -0.0484. The van der Waals surface area contributed by atoms with Crippen LogP contribution in [0.3, 0.4) is 0 Å². The molecule has 0 atom stereocenters. The first-order chi connectivity index (χ1) is 13.4. The summed E-state index contributed by atoms with van der Waals surface area (Å²) in [5.41, 5.74) is 0.965. The molecule has 4 nitrogen and oxygen atoms in total. The summed E-state index contributed by atoms with van der Waals surface area (Å²) in [6, 6.07) is 24.8. The van der Waals surface area contributed by atoms with Crippen LogP contribution in [0.25, 0.3) is 0 Å². The van der Waals surface area contributed by atoms with Crippen LogP contribution in [0.5, 0.6) is 0 Å². The van der Waals surface area contributed by atoms with E-state index in [2.05, 4.69) is 0 Å². The van der Waals surface area contributed by atoms with E-state index in [1.54, 1.807) is 42.5 Å². The number of benzene rings is 3. The number of allylic oxidation sites excluding steroid dienone is 1. The Morgan fingerprint density at radius 3 is 1.43 bits per heavy atom. The van der Waals surface area contributed by atoms with Crippen molar-refractivity contribution < 1.29 is 16.8 Å². The number of sulfone groups is 2. The maximum absolute atomic E-state index is 13.2. The molecule has 0 saturated heterocycles. The van der Waals surface area contributed by atoms with Crippen LogP contribution in [0.2, 0.25) is 0 Å². The average Bonchev–Trinajstić information content (AvgIpc) is 2.73. The van der Waals surface area contributed by atoms with Gasteiger partial charge >= 0.3 is 0 Å². The smallest absolute Gasteiger partial charge is 0.199 e. The lowest BCUT2D eigenvalue weighted by atomic mass is 10.1. The molecule has 0 fully saturated rings. The maximum Gasteiger partial charge on any atom is 0.199 e. The van der Waals surface area contributed by atoms with Crippen LogP contribution in [0.15, 0.2) is 113 Å². The van der Waals surface area contributed by atoms with Crippen molar-refractivity contribution in [3.8, 4) is 0 Å². The van der Waals surface area contributed by atoms with E-state index >= 15 is 0 Å². The van der Waals surface area contributed by atoms with Crippen molar-refractivity contribution in [3.05, 3.63) is 109 Å². The van der Waals surface area contributed by atoms with Gasteiger partial charge in [0.05, 0.1) is 9.79 Å². The summed E-state index contributed by atoms with van der Waals surface area (Å²) < 4.78 is 51.0. The van der Waals surface area contributed by atoms with E-state index in [9.17, 15) is 16.8 Å². The van der Waals surface area contributed by atoms with Crippen LogP contribution >= 0.6 is 0 Å². The average molecular weight is 413 g/mol. The molecule has 0 spiro atoms. The quantitative estimate of drug-likeness (QED) is 0.549. The number of hydrogen-bond donors (Lipinski definition) is 0. The fourth-order valence-corrected chi connectivity index (χ4v) is 7.04. The predicted molar refractivity (Wildman–Crippen MR) is 110 cm³/mol. The Bertz CT molecular complexity index is 1070. The molecule has 3 rings (SSSR count). The van der Waals surface area contributed by atoms with Gasteiger partial charge in [0, 0.05) is 0 Å². The number of rotatable bonds is 7. The van der Waals surface area contributed by atoms with Crippen LogP contribution in [-0.4, -0.2) is 21.4 Å². The Hall–Kier alpha value is -2.70. The highest BCUT2D eigenvalue weighted by atomic mass is 32.3. The van der Waals surface area contributed by atoms with Crippen LogP contribution in [-0.2, 0) is 26.1 Å². The lowest BCUT2D eigenvalue weighted by molar-refractivity contribution is 0.581. The first kappa shape index (κ1) is 20.0. The van der Waals surface area contributed by atoms with Crippen LogP contribution in [0.4, 0.5) is 0 Å². The minimum Gasteiger partial charge on any atom is -0.222 e. The van der Waals surface area contributed by atoms with E-state index in [1.165, 1.54) is 30.3 Å². The van der Waals surface area contributed by atoms with Gasteiger partial charge < -0.3 is 0 Å². The third-order valence-electron chi connectivity index (χ3n) is 4.24. The molecule has 0 heterocycles. The molecule has 3 aromatic rings. The SMILES string of the molecule is O=S(=O)(c1ccccc1)C(/C=C/Cc1ccccc1)S(=O)(=O)c1ccccc1. The van der Waals surface area contributed by atoms with Crippen molar-refractivity contribution in [1.82, 2.24) is 0 Å². The Morgan fingerprint density at radius 1 is 0.607 bits per heavy atom. The molecule has 0 aliphatic carbocycles. The molecule has 0 aliphatic rings. The molecule has 0 saturated carbocycles. The molecule has 0 aliphatic heterocycles. The highest BCUT2D eigenvalue weighted by molar-refractivity contribution is 8.09. The van der Waals surface area contributed by atoms with Gasteiger partial charge in [-0.25, -0.2) is 16.8 Å². The minimum atomic E-state index is -4.14. The van der Waals surface area contributed by atoms with Crippen molar-refractivity contribution in [1.29, 1.82) is 0 Å². The Morgan fingerprint density at radius 2 is 1.00 bits per heavy atom. The second kappa shape index (κ2) is 8.54. The Balaban J connectivity index is 2.04. The van der Waals surface area contributed by atoms with Gasteiger partial charge in [0.2, 0.25) is 0 Å². The predicted octanol–water partition coefficient (Wildman–Crippen LogP) is 4.06. The molecule has 0 radical (unpaired) electrons. The van der Waals surface area contributed by atoms with Gasteiger partial charge in [0.15, 0.2) is 24.3 Å². The molecule has 0 N–H and O–H groups in total. The van der Waals surface area contributed by atoms with Gasteiger partial charge in [0.25, 0.3) is 0 Å². The van der Waals surface area contributed by atoms with Crippen LogP contribution in [0.1, 0.15) is 5.56 Å². The first-order valence-electron chi connectivity index (χ1n) is 8.71. The van der Waals surface area contributed by atoms with E-state index in [1.807, 2.05) is 30.3 Å². The van der Waals surface area contributed by atoms with E-state index in [-0.39, 0.29) is 9.79 Å². The van der Waals surface area contributed by atoms with Gasteiger partial charge in [-0.15, -0.1) is 0 Å². The summed E-state index contributed by atoms with van der Waals surface area (Å²) in [5, 5.41) is 0. The zero-order chi connectivity index (χ0) is 20.0. The molecular formula is C22H20O4S2. The molecule has 0 amide bonds.